The minimum absolute atomic E-state index is 0.252. The summed E-state index contributed by atoms with van der Waals surface area (Å²) in [6, 6.07) is 5.79. The number of aromatic amines is 1. The molecule has 0 unspecified atom stereocenters. The number of ether oxygens (including phenoxy) is 2. The molecule has 1 aromatic carbocycles. The highest BCUT2D eigenvalue weighted by atomic mass is 16.5. The van der Waals surface area contributed by atoms with Gasteiger partial charge in [-0.15, -0.1) is 0 Å². The summed E-state index contributed by atoms with van der Waals surface area (Å²) in [5.74, 6) is 0.853. The standard InChI is InChI=1S/C21H30N4O3/c1-5-15-14-22-19(23-15)20(26)24-17-8-7-16(28-21(3,4)6-2)13-18(17)25-9-11-27-12-10-25/h7-8,13-14H,5-6,9-12H2,1-4H3,(H,22,23)(H,24,26). The predicted molar refractivity (Wildman–Crippen MR) is 110 cm³/mol. The molecular weight excluding hydrogens is 356 g/mol. The molecule has 1 amide bonds. The second-order valence-electron chi connectivity index (χ2n) is 7.56. The Hall–Kier alpha value is -2.54. The Kier molecular flexibility index (Phi) is 6.24. The van der Waals surface area contributed by atoms with Gasteiger partial charge in [0.25, 0.3) is 5.91 Å². The van der Waals surface area contributed by atoms with Crippen molar-refractivity contribution in [3.8, 4) is 5.75 Å². The number of aryl methyl sites for hydroxylation is 1. The SMILES string of the molecule is CCc1cnc(C(=O)Nc2ccc(OC(C)(C)CC)cc2N2CCOCC2)[nH]1. The van der Waals surface area contributed by atoms with Gasteiger partial charge in [0.2, 0.25) is 0 Å². The van der Waals surface area contributed by atoms with Gasteiger partial charge >= 0.3 is 0 Å². The number of imidazole rings is 1. The van der Waals surface area contributed by atoms with Crippen molar-refractivity contribution in [2.45, 2.75) is 46.1 Å². The number of nitrogens with zero attached hydrogens (tertiary/aromatic N) is 2. The summed E-state index contributed by atoms with van der Waals surface area (Å²) in [4.78, 5) is 22.1. The molecule has 7 heteroatoms. The molecule has 0 radical (unpaired) electrons. The second kappa shape index (κ2) is 8.65. The zero-order valence-electron chi connectivity index (χ0n) is 17.2. The Balaban J connectivity index is 1.86. The number of hydrogen-bond acceptors (Lipinski definition) is 5. The minimum atomic E-state index is -0.253. The molecule has 0 bridgehead atoms. The lowest BCUT2D eigenvalue weighted by Crippen LogP contribution is -2.37. The molecule has 28 heavy (non-hydrogen) atoms. The molecule has 1 saturated heterocycles. The topological polar surface area (TPSA) is 79.5 Å². The number of morpholine rings is 1. The maximum atomic E-state index is 12.7. The number of carbonyl (C=O) groups is 1. The van der Waals surface area contributed by atoms with Crippen LogP contribution in [0.5, 0.6) is 5.75 Å². The fourth-order valence-electron chi connectivity index (χ4n) is 2.97. The van der Waals surface area contributed by atoms with E-state index in [2.05, 4.69) is 41.0 Å². The maximum absolute atomic E-state index is 12.7. The smallest absolute Gasteiger partial charge is 0.291 e. The Labute approximate surface area is 166 Å². The van der Waals surface area contributed by atoms with Gasteiger partial charge < -0.3 is 24.7 Å². The van der Waals surface area contributed by atoms with Gasteiger partial charge in [0.05, 0.1) is 24.6 Å². The zero-order valence-corrected chi connectivity index (χ0v) is 17.2. The van der Waals surface area contributed by atoms with Crippen molar-refractivity contribution >= 4 is 17.3 Å². The van der Waals surface area contributed by atoms with Crippen molar-refractivity contribution in [1.82, 2.24) is 9.97 Å². The van der Waals surface area contributed by atoms with E-state index >= 15 is 0 Å². The summed E-state index contributed by atoms with van der Waals surface area (Å²) in [7, 11) is 0. The monoisotopic (exact) mass is 386 g/mol. The number of carbonyl (C=O) groups excluding carboxylic acids is 1. The first-order valence-corrected chi connectivity index (χ1v) is 9.93. The molecule has 152 valence electrons. The van der Waals surface area contributed by atoms with Gasteiger partial charge in [-0.25, -0.2) is 4.98 Å². The van der Waals surface area contributed by atoms with Gasteiger partial charge in [0.15, 0.2) is 5.82 Å². The first-order chi connectivity index (χ1) is 13.4. The summed E-state index contributed by atoms with van der Waals surface area (Å²) in [6.07, 6.45) is 3.40. The van der Waals surface area contributed by atoms with Crippen LogP contribution in [0.25, 0.3) is 0 Å². The normalized spacial score (nSPS) is 14.8. The summed E-state index contributed by atoms with van der Waals surface area (Å²) >= 11 is 0. The van der Waals surface area contributed by atoms with Crippen LogP contribution < -0.4 is 15.0 Å². The van der Waals surface area contributed by atoms with E-state index in [4.69, 9.17) is 9.47 Å². The number of H-pyrrole nitrogens is 1. The van der Waals surface area contributed by atoms with E-state index in [1.807, 2.05) is 25.1 Å². The van der Waals surface area contributed by atoms with Crippen molar-refractivity contribution < 1.29 is 14.3 Å². The third-order valence-electron chi connectivity index (χ3n) is 5.04. The second-order valence-corrected chi connectivity index (χ2v) is 7.56. The Morgan fingerprint density at radius 2 is 2.07 bits per heavy atom. The van der Waals surface area contributed by atoms with Crippen molar-refractivity contribution in [3.63, 3.8) is 0 Å². The minimum Gasteiger partial charge on any atom is -0.488 e. The molecule has 7 nitrogen and oxygen atoms in total. The highest BCUT2D eigenvalue weighted by Gasteiger charge is 2.21. The fraction of sp³-hybridized carbons (Fsp3) is 0.524. The Morgan fingerprint density at radius 3 is 2.71 bits per heavy atom. The molecule has 2 heterocycles. The van der Waals surface area contributed by atoms with Gasteiger partial charge in [0.1, 0.15) is 11.4 Å². The Morgan fingerprint density at radius 1 is 1.32 bits per heavy atom. The summed E-state index contributed by atoms with van der Waals surface area (Å²) in [5.41, 5.74) is 2.35. The van der Waals surface area contributed by atoms with Crippen LogP contribution in [-0.4, -0.2) is 47.8 Å². The number of anilines is 2. The molecular formula is C21H30N4O3. The average Bonchev–Trinajstić information content (AvgIpc) is 3.19. The molecule has 0 spiro atoms. The average molecular weight is 386 g/mol. The van der Waals surface area contributed by atoms with E-state index < -0.39 is 0 Å². The first kappa shape index (κ1) is 20.2. The molecule has 1 aliphatic heterocycles. The van der Waals surface area contributed by atoms with Crippen molar-refractivity contribution in [2.24, 2.45) is 0 Å². The van der Waals surface area contributed by atoms with Crippen LogP contribution in [0.3, 0.4) is 0 Å². The van der Waals surface area contributed by atoms with E-state index in [-0.39, 0.29) is 11.5 Å². The molecule has 1 fully saturated rings. The van der Waals surface area contributed by atoms with Gasteiger partial charge in [0, 0.05) is 31.0 Å². The molecule has 1 aliphatic rings. The summed E-state index contributed by atoms with van der Waals surface area (Å²) in [5, 5.41) is 2.99. The molecule has 1 aromatic heterocycles. The largest absolute Gasteiger partial charge is 0.488 e. The van der Waals surface area contributed by atoms with Crippen LogP contribution in [0, 0.1) is 0 Å². The van der Waals surface area contributed by atoms with Crippen molar-refractivity contribution in [2.75, 3.05) is 36.5 Å². The quantitative estimate of drug-likeness (QED) is 0.760. The number of nitrogens with one attached hydrogen (secondary N) is 2. The molecule has 0 atom stereocenters. The van der Waals surface area contributed by atoms with Gasteiger partial charge in [-0.2, -0.15) is 0 Å². The lowest BCUT2D eigenvalue weighted by Gasteiger charge is -2.32. The van der Waals surface area contributed by atoms with Crippen LogP contribution in [0.4, 0.5) is 11.4 Å². The number of rotatable bonds is 7. The number of amides is 1. The lowest BCUT2D eigenvalue weighted by atomic mass is 10.1. The Bertz CT molecular complexity index is 810. The van der Waals surface area contributed by atoms with E-state index in [1.54, 1.807) is 6.20 Å². The highest BCUT2D eigenvalue weighted by Crippen LogP contribution is 2.33. The van der Waals surface area contributed by atoms with Crippen molar-refractivity contribution in [1.29, 1.82) is 0 Å². The maximum Gasteiger partial charge on any atom is 0.291 e. The molecule has 0 saturated carbocycles. The van der Waals surface area contributed by atoms with Gasteiger partial charge in [-0.1, -0.05) is 13.8 Å². The van der Waals surface area contributed by atoms with E-state index in [9.17, 15) is 4.79 Å². The third-order valence-corrected chi connectivity index (χ3v) is 5.04. The molecule has 2 aromatic rings. The van der Waals surface area contributed by atoms with Crippen LogP contribution in [-0.2, 0) is 11.2 Å². The van der Waals surface area contributed by atoms with Crippen LogP contribution in [0.2, 0.25) is 0 Å². The first-order valence-electron chi connectivity index (χ1n) is 9.93. The fourth-order valence-corrected chi connectivity index (χ4v) is 2.97. The zero-order chi connectivity index (χ0) is 20.1. The summed E-state index contributed by atoms with van der Waals surface area (Å²) < 4.78 is 11.6. The van der Waals surface area contributed by atoms with E-state index in [0.717, 1.165) is 48.7 Å². The van der Waals surface area contributed by atoms with E-state index in [0.29, 0.717) is 19.0 Å². The lowest BCUT2D eigenvalue weighted by molar-refractivity contribution is 0.101. The highest BCUT2D eigenvalue weighted by molar-refractivity contribution is 6.03. The molecule has 0 aliphatic carbocycles. The van der Waals surface area contributed by atoms with Crippen molar-refractivity contribution in [3.05, 3.63) is 35.9 Å². The van der Waals surface area contributed by atoms with E-state index in [1.165, 1.54) is 0 Å². The van der Waals surface area contributed by atoms with Gasteiger partial charge in [-0.3, -0.25) is 4.79 Å². The summed E-state index contributed by atoms with van der Waals surface area (Å²) in [6.45, 7) is 11.1. The third kappa shape index (κ3) is 4.84. The van der Waals surface area contributed by atoms with Gasteiger partial charge in [-0.05, 0) is 38.8 Å². The molecule has 2 N–H and O–H groups in total. The molecule has 3 rings (SSSR count). The number of hydrogen-bond donors (Lipinski definition) is 2. The predicted octanol–water partition coefficient (Wildman–Crippen LogP) is 3.63. The number of aromatic nitrogens is 2. The van der Waals surface area contributed by atoms with Crippen LogP contribution in [0.1, 0.15) is 50.4 Å². The van der Waals surface area contributed by atoms with Crippen LogP contribution in [0.15, 0.2) is 24.4 Å². The van der Waals surface area contributed by atoms with Crippen LogP contribution >= 0.6 is 0 Å². The number of benzene rings is 1.